The topological polar surface area (TPSA) is 122 Å². The average Bonchev–Trinajstić information content (AvgIpc) is 2.73. The molecule has 0 aliphatic rings. The molecule has 0 unspecified atom stereocenters. The molecule has 0 spiro atoms. The van der Waals surface area contributed by atoms with Crippen molar-refractivity contribution in [3.63, 3.8) is 0 Å². The van der Waals surface area contributed by atoms with Crippen LogP contribution in [0.15, 0.2) is 27.5 Å². The normalized spacial score (nSPS) is 11.3. The molecule has 0 saturated carbocycles. The van der Waals surface area contributed by atoms with Crippen LogP contribution in [0.3, 0.4) is 0 Å². The monoisotopic (exact) mass is 317 g/mol. The van der Waals surface area contributed by atoms with E-state index in [-0.39, 0.29) is 22.5 Å². The van der Waals surface area contributed by atoms with Gasteiger partial charge in [-0.2, -0.15) is 0 Å². The number of aromatic carboxylic acids is 1. The summed E-state index contributed by atoms with van der Waals surface area (Å²) in [6, 6.07) is 2.98. The summed E-state index contributed by atoms with van der Waals surface area (Å²) in [5, 5.41) is 15.7. The first kappa shape index (κ1) is 14.3. The van der Waals surface area contributed by atoms with Gasteiger partial charge in [-0.25, -0.2) is 17.9 Å². The standard InChI is InChI=1S/C10H8ClN3O5S/c1-5-12-13-10(19-5)14-20(17,18)8-4-6(9(15)16)2-3-7(8)11/h2-4H,1H3,(H,13,14)(H,15,16). The number of sulfonamides is 1. The maximum atomic E-state index is 12.1. The number of hydrogen-bond acceptors (Lipinski definition) is 6. The first-order valence-electron chi connectivity index (χ1n) is 5.15. The van der Waals surface area contributed by atoms with Gasteiger partial charge in [0.05, 0.1) is 10.6 Å². The maximum absolute atomic E-state index is 12.1. The molecular weight excluding hydrogens is 310 g/mol. The smallest absolute Gasteiger partial charge is 0.335 e. The fourth-order valence-corrected chi connectivity index (χ4v) is 2.80. The lowest BCUT2D eigenvalue weighted by Crippen LogP contribution is -2.14. The zero-order chi connectivity index (χ0) is 14.9. The zero-order valence-corrected chi connectivity index (χ0v) is 11.6. The number of halogens is 1. The van der Waals surface area contributed by atoms with Gasteiger partial charge >= 0.3 is 12.0 Å². The zero-order valence-electron chi connectivity index (χ0n) is 9.99. The fourth-order valence-electron chi connectivity index (χ4n) is 1.35. The van der Waals surface area contributed by atoms with E-state index in [1.807, 2.05) is 4.72 Å². The van der Waals surface area contributed by atoms with E-state index in [4.69, 9.17) is 21.1 Å². The van der Waals surface area contributed by atoms with Crippen LogP contribution in [0.25, 0.3) is 0 Å². The lowest BCUT2D eigenvalue weighted by Gasteiger charge is -2.07. The highest BCUT2D eigenvalue weighted by molar-refractivity contribution is 7.92. The van der Waals surface area contributed by atoms with Crippen molar-refractivity contribution in [1.29, 1.82) is 0 Å². The van der Waals surface area contributed by atoms with Crippen LogP contribution >= 0.6 is 11.6 Å². The lowest BCUT2D eigenvalue weighted by atomic mass is 10.2. The van der Waals surface area contributed by atoms with Crippen LogP contribution in [0.5, 0.6) is 0 Å². The molecule has 8 nitrogen and oxygen atoms in total. The molecule has 0 aliphatic carbocycles. The number of rotatable bonds is 4. The van der Waals surface area contributed by atoms with Gasteiger partial charge in [0.1, 0.15) is 4.90 Å². The van der Waals surface area contributed by atoms with Crippen LogP contribution < -0.4 is 4.72 Å². The summed E-state index contributed by atoms with van der Waals surface area (Å²) in [5.41, 5.74) is -0.212. The molecule has 10 heteroatoms. The van der Waals surface area contributed by atoms with Gasteiger partial charge in [0, 0.05) is 6.92 Å². The largest absolute Gasteiger partial charge is 0.478 e. The van der Waals surface area contributed by atoms with E-state index in [1.54, 1.807) is 0 Å². The van der Waals surface area contributed by atoms with Crippen LogP contribution in [0.1, 0.15) is 16.2 Å². The Labute approximate surface area is 118 Å². The van der Waals surface area contributed by atoms with Gasteiger partial charge < -0.3 is 9.52 Å². The molecule has 2 N–H and O–H groups in total. The highest BCUT2D eigenvalue weighted by Crippen LogP contribution is 2.24. The van der Waals surface area contributed by atoms with Gasteiger partial charge in [-0.15, -0.1) is 5.10 Å². The van der Waals surface area contributed by atoms with E-state index >= 15 is 0 Å². The Balaban J connectivity index is 2.43. The molecular formula is C10H8ClN3O5S. The number of anilines is 1. The highest BCUT2D eigenvalue weighted by atomic mass is 35.5. The van der Waals surface area contributed by atoms with Crippen LogP contribution in [0, 0.1) is 6.92 Å². The third-order valence-corrected chi connectivity index (χ3v) is 4.02. The van der Waals surface area contributed by atoms with E-state index in [0.717, 1.165) is 6.07 Å². The van der Waals surface area contributed by atoms with Crippen molar-refractivity contribution < 1.29 is 22.7 Å². The number of aryl methyl sites for hydroxylation is 1. The molecule has 0 atom stereocenters. The summed E-state index contributed by atoms with van der Waals surface area (Å²) >= 11 is 5.78. The van der Waals surface area contributed by atoms with Crippen molar-refractivity contribution in [2.75, 3.05) is 4.72 Å². The van der Waals surface area contributed by atoms with E-state index in [1.165, 1.54) is 19.1 Å². The Morgan fingerprint density at radius 3 is 2.65 bits per heavy atom. The molecule has 1 aromatic carbocycles. The second-order valence-corrected chi connectivity index (χ2v) is 5.74. The molecule has 2 aromatic rings. The minimum atomic E-state index is -4.13. The van der Waals surface area contributed by atoms with E-state index < -0.39 is 20.9 Å². The Bertz CT molecular complexity index is 771. The van der Waals surface area contributed by atoms with Crippen LogP contribution in [-0.4, -0.2) is 29.7 Å². The summed E-state index contributed by atoms with van der Waals surface area (Å²) in [7, 11) is -4.13. The Morgan fingerprint density at radius 1 is 1.40 bits per heavy atom. The van der Waals surface area contributed by atoms with Crippen molar-refractivity contribution in [2.24, 2.45) is 0 Å². The van der Waals surface area contributed by atoms with Crippen molar-refractivity contribution in [1.82, 2.24) is 10.2 Å². The number of nitrogens with one attached hydrogen (secondary N) is 1. The van der Waals surface area contributed by atoms with Crippen LogP contribution in [0.4, 0.5) is 6.01 Å². The first-order chi connectivity index (χ1) is 9.29. The molecule has 0 amide bonds. The SMILES string of the molecule is Cc1nnc(NS(=O)(=O)c2cc(C(=O)O)ccc2Cl)o1. The second kappa shape index (κ2) is 5.10. The number of hydrogen-bond donors (Lipinski definition) is 2. The van der Waals surface area contributed by atoms with E-state index in [0.29, 0.717) is 0 Å². The number of nitrogens with zero attached hydrogens (tertiary/aromatic N) is 2. The van der Waals surface area contributed by atoms with Gasteiger partial charge in [0.15, 0.2) is 0 Å². The summed E-state index contributed by atoms with van der Waals surface area (Å²) in [6.45, 7) is 1.49. The number of carbonyl (C=O) groups is 1. The predicted octanol–water partition coefficient (Wildman–Crippen LogP) is 1.53. The first-order valence-corrected chi connectivity index (χ1v) is 7.01. The molecule has 2 rings (SSSR count). The van der Waals surface area contributed by atoms with Gasteiger partial charge in [-0.05, 0) is 18.2 Å². The molecule has 0 aliphatic heterocycles. The second-order valence-electron chi connectivity index (χ2n) is 3.68. The minimum absolute atomic E-state index is 0.126. The molecule has 1 aromatic heterocycles. The third kappa shape index (κ3) is 2.89. The van der Waals surface area contributed by atoms with Crippen molar-refractivity contribution >= 4 is 33.6 Å². The average molecular weight is 318 g/mol. The maximum Gasteiger partial charge on any atom is 0.335 e. The number of benzene rings is 1. The van der Waals surface area contributed by atoms with E-state index in [9.17, 15) is 13.2 Å². The highest BCUT2D eigenvalue weighted by Gasteiger charge is 2.22. The lowest BCUT2D eigenvalue weighted by molar-refractivity contribution is 0.0696. The molecule has 20 heavy (non-hydrogen) atoms. The quantitative estimate of drug-likeness (QED) is 0.876. The summed E-state index contributed by atoms with van der Waals surface area (Å²) in [6.07, 6.45) is 0. The Hall–Kier alpha value is -2.13. The van der Waals surface area contributed by atoms with Gasteiger partial charge in [0.2, 0.25) is 5.89 Å². The van der Waals surface area contributed by atoms with Gasteiger partial charge in [-0.1, -0.05) is 16.7 Å². The molecule has 0 bridgehead atoms. The molecule has 0 fully saturated rings. The molecule has 0 saturated heterocycles. The molecule has 106 valence electrons. The van der Waals surface area contributed by atoms with Gasteiger partial charge in [-0.3, -0.25) is 0 Å². The predicted molar refractivity (Wildman–Crippen MR) is 68.3 cm³/mol. The van der Waals surface area contributed by atoms with Crippen molar-refractivity contribution in [3.8, 4) is 0 Å². The summed E-state index contributed by atoms with van der Waals surface area (Å²) in [4.78, 5) is 10.5. The number of carboxylic acids is 1. The number of carboxylic acid groups (broad SMARTS) is 1. The minimum Gasteiger partial charge on any atom is -0.478 e. The van der Waals surface area contributed by atoms with Crippen LogP contribution in [0.2, 0.25) is 5.02 Å². The third-order valence-electron chi connectivity index (χ3n) is 2.22. The Morgan fingerprint density at radius 2 is 2.10 bits per heavy atom. The Kier molecular flexibility index (Phi) is 3.64. The summed E-state index contributed by atoms with van der Waals surface area (Å²) < 4.78 is 31.1. The number of aromatic nitrogens is 2. The van der Waals surface area contributed by atoms with Crippen LogP contribution in [-0.2, 0) is 10.0 Å². The summed E-state index contributed by atoms with van der Waals surface area (Å²) in [5.74, 6) is -1.10. The molecule has 0 radical (unpaired) electrons. The van der Waals surface area contributed by atoms with Gasteiger partial charge in [0.25, 0.3) is 10.0 Å². The van der Waals surface area contributed by atoms with Crippen molar-refractivity contribution in [2.45, 2.75) is 11.8 Å². The molecule has 1 heterocycles. The van der Waals surface area contributed by atoms with Crippen molar-refractivity contribution in [3.05, 3.63) is 34.7 Å². The van der Waals surface area contributed by atoms with E-state index in [2.05, 4.69) is 10.2 Å². The fraction of sp³-hybridized carbons (Fsp3) is 0.100.